The average molecular weight is 307 g/mol. The second-order valence-electron chi connectivity index (χ2n) is 4.42. The second kappa shape index (κ2) is 8.18. The number of alkyl halides is 2. The topological polar surface area (TPSA) is 18.5 Å². The summed E-state index contributed by atoms with van der Waals surface area (Å²) >= 11 is 11.9. The van der Waals surface area contributed by atoms with Gasteiger partial charge in [0.25, 0.3) is 0 Å². The molecule has 0 saturated heterocycles. The van der Waals surface area contributed by atoms with E-state index in [1.807, 2.05) is 26.0 Å². The van der Waals surface area contributed by atoms with Gasteiger partial charge in [-0.3, -0.25) is 0 Å². The molecular weight excluding hydrogens is 287 g/mol. The van der Waals surface area contributed by atoms with Crippen LogP contribution >= 0.6 is 23.2 Å². The predicted molar refractivity (Wildman–Crippen MR) is 80.5 cm³/mol. The fourth-order valence-electron chi connectivity index (χ4n) is 1.52. The molecule has 2 nitrogen and oxygen atoms in total. The van der Waals surface area contributed by atoms with E-state index < -0.39 is 9.28 Å². The first-order chi connectivity index (χ1) is 8.50. The molecule has 1 aromatic rings. The Kier molecular flexibility index (Phi) is 7.26. The summed E-state index contributed by atoms with van der Waals surface area (Å²) in [7, 11) is -1.91. The number of hydrogen-bond donors (Lipinski definition) is 0. The van der Waals surface area contributed by atoms with E-state index in [1.54, 1.807) is 0 Å². The van der Waals surface area contributed by atoms with Crippen molar-refractivity contribution in [3.63, 3.8) is 0 Å². The van der Waals surface area contributed by atoms with E-state index in [-0.39, 0.29) is 10.8 Å². The highest BCUT2D eigenvalue weighted by Crippen LogP contribution is 2.04. The molecule has 1 aromatic carbocycles. The molecule has 0 aliphatic carbocycles. The third kappa shape index (κ3) is 5.72. The van der Waals surface area contributed by atoms with E-state index in [0.717, 1.165) is 5.19 Å². The van der Waals surface area contributed by atoms with Gasteiger partial charge in [0, 0.05) is 0 Å². The van der Waals surface area contributed by atoms with Crippen molar-refractivity contribution >= 4 is 37.7 Å². The molecule has 0 heterocycles. The molecule has 2 atom stereocenters. The molecule has 0 aliphatic rings. The van der Waals surface area contributed by atoms with Crippen LogP contribution in [-0.4, -0.2) is 33.3 Å². The maximum atomic E-state index is 5.93. The first-order valence-corrected chi connectivity index (χ1v) is 8.47. The van der Waals surface area contributed by atoms with Crippen LogP contribution in [0.4, 0.5) is 0 Å². The third-order valence-corrected chi connectivity index (χ3v) is 4.79. The highest BCUT2D eigenvalue weighted by Gasteiger charge is 2.20. The molecule has 102 valence electrons. The van der Waals surface area contributed by atoms with E-state index in [0.29, 0.717) is 13.2 Å². The SMILES string of the molecule is Cc1ccccc1[SiH](OCC(C)Cl)OCC(C)Cl. The predicted octanol–water partition coefficient (Wildman–Crippen LogP) is 2.71. The molecule has 0 saturated carbocycles. The Morgan fingerprint density at radius 1 is 1.06 bits per heavy atom. The Labute approximate surface area is 121 Å². The van der Waals surface area contributed by atoms with Crippen molar-refractivity contribution in [3.05, 3.63) is 29.8 Å². The van der Waals surface area contributed by atoms with Crippen LogP contribution in [0.15, 0.2) is 24.3 Å². The van der Waals surface area contributed by atoms with Crippen LogP contribution in [0.25, 0.3) is 0 Å². The van der Waals surface area contributed by atoms with Gasteiger partial charge in [0.1, 0.15) is 0 Å². The lowest BCUT2D eigenvalue weighted by Crippen LogP contribution is -2.40. The Hall–Kier alpha value is -0.0631. The summed E-state index contributed by atoms with van der Waals surface area (Å²) in [6, 6.07) is 8.14. The van der Waals surface area contributed by atoms with Crippen LogP contribution in [0.2, 0.25) is 0 Å². The number of hydrogen-bond acceptors (Lipinski definition) is 2. The van der Waals surface area contributed by atoms with Gasteiger partial charge in [-0.25, -0.2) is 0 Å². The molecule has 0 fully saturated rings. The van der Waals surface area contributed by atoms with Crippen LogP contribution in [-0.2, 0) is 8.85 Å². The lowest BCUT2D eigenvalue weighted by Gasteiger charge is -2.20. The minimum atomic E-state index is -1.91. The summed E-state index contributed by atoms with van der Waals surface area (Å²) < 4.78 is 11.7. The van der Waals surface area contributed by atoms with Crippen LogP contribution in [0, 0.1) is 6.92 Å². The van der Waals surface area contributed by atoms with Crippen molar-refractivity contribution in [2.75, 3.05) is 13.2 Å². The standard InChI is InChI=1S/C13H20Cl2O2Si/c1-10-6-4-5-7-13(10)18(16-8-11(2)14)17-9-12(3)15/h4-7,11-12,18H,8-9H2,1-3H3. The highest BCUT2D eigenvalue weighted by molar-refractivity contribution is 6.61. The Morgan fingerprint density at radius 3 is 2.00 bits per heavy atom. The number of rotatable bonds is 7. The maximum absolute atomic E-state index is 5.93. The van der Waals surface area contributed by atoms with Crippen molar-refractivity contribution < 1.29 is 8.85 Å². The molecule has 0 amide bonds. The van der Waals surface area contributed by atoms with Crippen LogP contribution in [0.3, 0.4) is 0 Å². The van der Waals surface area contributed by atoms with Crippen LogP contribution in [0.5, 0.6) is 0 Å². The van der Waals surface area contributed by atoms with Crippen LogP contribution < -0.4 is 5.19 Å². The normalized spacial score (nSPS) is 16.3. The minimum Gasteiger partial charge on any atom is -0.392 e. The molecule has 2 unspecified atom stereocenters. The molecule has 0 aliphatic heterocycles. The van der Waals surface area contributed by atoms with Gasteiger partial charge in [0.15, 0.2) is 0 Å². The third-order valence-electron chi connectivity index (χ3n) is 2.40. The molecule has 18 heavy (non-hydrogen) atoms. The quantitative estimate of drug-likeness (QED) is 0.569. The monoisotopic (exact) mass is 306 g/mol. The molecule has 0 bridgehead atoms. The van der Waals surface area contributed by atoms with Crippen molar-refractivity contribution in [1.82, 2.24) is 0 Å². The van der Waals surface area contributed by atoms with Gasteiger partial charge in [-0.15, -0.1) is 23.2 Å². The zero-order chi connectivity index (χ0) is 13.5. The molecule has 0 aromatic heterocycles. The van der Waals surface area contributed by atoms with Gasteiger partial charge >= 0.3 is 9.28 Å². The average Bonchev–Trinajstić information content (AvgIpc) is 2.30. The summed E-state index contributed by atoms with van der Waals surface area (Å²) in [5, 5.41) is 1.13. The Morgan fingerprint density at radius 2 is 1.56 bits per heavy atom. The van der Waals surface area contributed by atoms with Gasteiger partial charge in [-0.05, 0) is 31.5 Å². The fourth-order valence-corrected chi connectivity index (χ4v) is 4.03. The van der Waals surface area contributed by atoms with E-state index >= 15 is 0 Å². The number of benzene rings is 1. The van der Waals surface area contributed by atoms with Crippen molar-refractivity contribution in [2.24, 2.45) is 0 Å². The number of halogens is 2. The van der Waals surface area contributed by atoms with Crippen molar-refractivity contribution in [1.29, 1.82) is 0 Å². The molecule has 5 heteroatoms. The van der Waals surface area contributed by atoms with Crippen LogP contribution in [0.1, 0.15) is 19.4 Å². The molecular formula is C13H20Cl2O2Si. The molecule has 0 spiro atoms. The largest absolute Gasteiger partial charge is 0.392 e. The van der Waals surface area contributed by atoms with Gasteiger partial charge in [-0.2, -0.15) is 0 Å². The van der Waals surface area contributed by atoms with E-state index in [9.17, 15) is 0 Å². The highest BCUT2D eigenvalue weighted by atomic mass is 35.5. The van der Waals surface area contributed by atoms with E-state index in [4.69, 9.17) is 32.1 Å². The first-order valence-electron chi connectivity index (χ1n) is 6.07. The first kappa shape index (κ1) is 16.0. The summed E-state index contributed by atoms with van der Waals surface area (Å²) in [5.74, 6) is 0. The fraction of sp³-hybridized carbons (Fsp3) is 0.538. The smallest absolute Gasteiger partial charge is 0.356 e. The van der Waals surface area contributed by atoms with Gasteiger partial charge in [-0.1, -0.05) is 24.3 Å². The van der Waals surface area contributed by atoms with Gasteiger partial charge in [0.2, 0.25) is 0 Å². The minimum absolute atomic E-state index is 0.0129. The maximum Gasteiger partial charge on any atom is 0.356 e. The summed E-state index contributed by atoms with van der Waals surface area (Å²) in [6.07, 6.45) is 0. The van der Waals surface area contributed by atoms with Gasteiger partial charge < -0.3 is 8.85 Å². The Balaban J connectivity index is 2.73. The van der Waals surface area contributed by atoms with Crippen molar-refractivity contribution in [2.45, 2.75) is 31.5 Å². The summed E-state index contributed by atoms with van der Waals surface area (Å²) in [5.41, 5.74) is 1.19. The Bertz CT molecular complexity index is 347. The summed E-state index contributed by atoms with van der Waals surface area (Å²) in [6.45, 7) is 6.90. The van der Waals surface area contributed by atoms with Crippen molar-refractivity contribution in [3.8, 4) is 0 Å². The van der Waals surface area contributed by atoms with E-state index in [2.05, 4.69) is 19.1 Å². The van der Waals surface area contributed by atoms with E-state index in [1.165, 1.54) is 5.56 Å². The lowest BCUT2D eigenvalue weighted by atomic mass is 10.2. The lowest BCUT2D eigenvalue weighted by molar-refractivity contribution is 0.210. The zero-order valence-electron chi connectivity index (χ0n) is 11.0. The second-order valence-corrected chi connectivity index (χ2v) is 7.86. The molecule has 1 rings (SSSR count). The van der Waals surface area contributed by atoms with Gasteiger partial charge in [0.05, 0.1) is 24.0 Å². The zero-order valence-corrected chi connectivity index (χ0v) is 13.7. The molecule has 0 N–H and O–H groups in total. The summed E-state index contributed by atoms with van der Waals surface area (Å²) in [4.78, 5) is 0. The molecule has 0 radical (unpaired) electrons. The number of aryl methyl sites for hydroxylation is 1.